The molecule has 35 heavy (non-hydrogen) atoms. The average Bonchev–Trinajstić information content (AvgIpc) is 3.14. The minimum Gasteiger partial charge on any atom is -0.497 e. The molecular weight excluding hydrogens is 445 g/mol. The maximum Gasteiger partial charge on any atom is 0.263 e. The number of halogens is 1. The van der Waals surface area contributed by atoms with Gasteiger partial charge in [-0.05, 0) is 49.2 Å². The van der Waals surface area contributed by atoms with Gasteiger partial charge >= 0.3 is 0 Å². The Morgan fingerprint density at radius 2 is 1.94 bits per heavy atom. The summed E-state index contributed by atoms with van der Waals surface area (Å²) in [5.41, 5.74) is 1.54. The fourth-order valence-electron chi connectivity index (χ4n) is 4.58. The summed E-state index contributed by atoms with van der Waals surface area (Å²) in [6.07, 6.45) is 4.62. The summed E-state index contributed by atoms with van der Waals surface area (Å²) in [6, 6.07) is 13.6. The molecule has 1 aliphatic rings. The van der Waals surface area contributed by atoms with E-state index in [9.17, 15) is 9.18 Å². The predicted octanol–water partition coefficient (Wildman–Crippen LogP) is 4.10. The highest BCUT2D eigenvalue weighted by Gasteiger charge is 2.22. The molecule has 4 rings (SSSR count). The van der Waals surface area contributed by atoms with Crippen molar-refractivity contribution in [2.75, 3.05) is 32.1 Å². The summed E-state index contributed by atoms with van der Waals surface area (Å²) in [4.78, 5) is 20.6. The Hall–Kier alpha value is -3.70. The second kappa shape index (κ2) is 10.7. The minimum absolute atomic E-state index is 0.0552. The number of nitrogens with zero attached hydrogens (tertiary/aromatic N) is 4. The zero-order valence-electron chi connectivity index (χ0n) is 20.3. The zero-order valence-corrected chi connectivity index (χ0v) is 20.3. The summed E-state index contributed by atoms with van der Waals surface area (Å²) in [5, 5.41) is 12.7. The molecule has 1 aromatic heterocycles. The van der Waals surface area contributed by atoms with Crippen molar-refractivity contribution in [1.29, 1.82) is 5.26 Å². The van der Waals surface area contributed by atoms with Gasteiger partial charge in [0.1, 0.15) is 17.6 Å². The van der Waals surface area contributed by atoms with Crippen LogP contribution in [0.15, 0.2) is 47.3 Å². The molecule has 0 amide bonds. The molecule has 1 aliphatic heterocycles. The molecule has 8 heteroatoms. The van der Waals surface area contributed by atoms with E-state index in [1.165, 1.54) is 31.4 Å². The van der Waals surface area contributed by atoms with E-state index in [1.54, 1.807) is 49.1 Å². The van der Waals surface area contributed by atoms with Crippen LogP contribution >= 0.6 is 0 Å². The van der Waals surface area contributed by atoms with Gasteiger partial charge in [-0.2, -0.15) is 5.26 Å². The minimum atomic E-state index is -0.647. The first kappa shape index (κ1) is 24.4. The standard InChI is InChI=1S/C27H30FN5O2/c1-32(17-21-7-5-4-6-14-30-21)27-31-25(19-8-9-20(16-29)23(28)15-19)24(26(34)33(27)2)18-10-12-22(35-3)13-11-18/h8-13,15,21,30H,4-7,14,17H2,1-3H3. The molecule has 7 nitrogen and oxygen atoms in total. The largest absolute Gasteiger partial charge is 0.497 e. The fourth-order valence-corrected chi connectivity index (χ4v) is 4.58. The van der Waals surface area contributed by atoms with E-state index >= 15 is 0 Å². The number of methoxy groups -OCH3 is 1. The first-order chi connectivity index (χ1) is 16.9. The molecule has 2 heterocycles. The molecule has 0 aliphatic carbocycles. The van der Waals surface area contributed by atoms with Crippen LogP contribution in [-0.4, -0.2) is 42.8 Å². The molecule has 0 spiro atoms. The Labute approximate surface area is 204 Å². The van der Waals surface area contributed by atoms with Gasteiger partial charge in [0, 0.05) is 32.2 Å². The predicted molar refractivity (Wildman–Crippen MR) is 135 cm³/mol. The van der Waals surface area contributed by atoms with Gasteiger partial charge < -0.3 is 15.0 Å². The van der Waals surface area contributed by atoms with Gasteiger partial charge in [-0.1, -0.05) is 31.0 Å². The Morgan fingerprint density at radius 3 is 2.63 bits per heavy atom. The van der Waals surface area contributed by atoms with Crippen LogP contribution in [0.4, 0.5) is 10.3 Å². The molecule has 0 bridgehead atoms. The number of hydrogen-bond donors (Lipinski definition) is 1. The number of nitrogens with one attached hydrogen (secondary N) is 1. The maximum atomic E-state index is 14.6. The normalized spacial score (nSPS) is 15.8. The molecule has 0 saturated carbocycles. The lowest BCUT2D eigenvalue weighted by Crippen LogP contribution is -2.41. The fraction of sp³-hybridized carbons (Fsp3) is 0.370. The van der Waals surface area contributed by atoms with E-state index in [0.29, 0.717) is 46.7 Å². The molecule has 1 fully saturated rings. The number of nitriles is 1. The first-order valence-electron chi connectivity index (χ1n) is 11.8. The molecule has 0 radical (unpaired) electrons. The average molecular weight is 476 g/mol. The van der Waals surface area contributed by atoms with Crippen molar-refractivity contribution in [1.82, 2.24) is 14.9 Å². The first-order valence-corrected chi connectivity index (χ1v) is 11.8. The molecule has 1 saturated heterocycles. The monoisotopic (exact) mass is 475 g/mol. The SMILES string of the molecule is COc1ccc(-c2c(-c3ccc(C#N)c(F)c3)nc(N(C)CC3CCCCCN3)n(C)c2=O)cc1. The summed E-state index contributed by atoms with van der Waals surface area (Å²) in [7, 11) is 5.21. The smallest absolute Gasteiger partial charge is 0.263 e. The van der Waals surface area contributed by atoms with Crippen molar-refractivity contribution < 1.29 is 9.13 Å². The van der Waals surface area contributed by atoms with Gasteiger partial charge in [-0.25, -0.2) is 9.37 Å². The van der Waals surface area contributed by atoms with Gasteiger partial charge in [0.25, 0.3) is 5.56 Å². The molecule has 3 aromatic rings. The van der Waals surface area contributed by atoms with Gasteiger partial charge in [-0.3, -0.25) is 9.36 Å². The van der Waals surface area contributed by atoms with E-state index in [4.69, 9.17) is 15.0 Å². The Balaban J connectivity index is 1.84. The van der Waals surface area contributed by atoms with Crippen molar-refractivity contribution >= 4 is 5.95 Å². The highest BCUT2D eigenvalue weighted by atomic mass is 19.1. The molecule has 1 unspecified atom stereocenters. The van der Waals surface area contributed by atoms with Crippen molar-refractivity contribution in [3.8, 4) is 34.2 Å². The van der Waals surface area contributed by atoms with Crippen molar-refractivity contribution in [2.45, 2.75) is 31.7 Å². The van der Waals surface area contributed by atoms with Crippen LogP contribution in [0, 0.1) is 17.1 Å². The van der Waals surface area contributed by atoms with Crippen molar-refractivity contribution in [3.05, 3.63) is 64.2 Å². The number of anilines is 1. The molecule has 2 aromatic carbocycles. The lowest BCUT2D eigenvalue weighted by atomic mass is 9.99. The summed E-state index contributed by atoms with van der Waals surface area (Å²) < 4.78 is 21.4. The second-order valence-corrected chi connectivity index (χ2v) is 8.92. The molecular formula is C27H30FN5O2. The number of rotatable bonds is 6. The van der Waals surface area contributed by atoms with Crippen LogP contribution in [0.2, 0.25) is 0 Å². The van der Waals surface area contributed by atoms with E-state index < -0.39 is 5.82 Å². The zero-order chi connectivity index (χ0) is 24.9. The summed E-state index contributed by atoms with van der Waals surface area (Å²) in [5.74, 6) is 0.514. The third-order valence-corrected chi connectivity index (χ3v) is 6.51. The lowest BCUT2D eigenvalue weighted by molar-refractivity contribution is 0.415. The maximum absolute atomic E-state index is 14.6. The number of benzene rings is 2. The highest BCUT2D eigenvalue weighted by Crippen LogP contribution is 2.31. The van der Waals surface area contributed by atoms with E-state index in [-0.39, 0.29) is 11.1 Å². The van der Waals surface area contributed by atoms with Gasteiger partial charge in [0.05, 0.1) is 23.9 Å². The van der Waals surface area contributed by atoms with Crippen molar-refractivity contribution in [2.24, 2.45) is 7.05 Å². The van der Waals surface area contributed by atoms with Crippen LogP contribution in [0.5, 0.6) is 5.75 Å². The van der Waals surface area contributed by atoms with Crippen LogP contribution in [0.3, 0.4) is 0 Å². The summed E-state index contributed by atoms with van der Waals surface area (Å²) in [6.45, 7) is 1.68. The van der Waals surface area contributed by atoms with E-state index in [0.717, 1.165) is 13.0 Å². The number of ether oxygens (including phenoxy) is 1. The van der Waals surface area contributed by atoms with Crippen molar-refractivity contribution in [3.63, 3.8) is 0 Å². The Bertz CT molecular complexity index is 1290. The van der Waals surface area contributed by atoms with Gasteiger partial charge in [0.15, 0.2) is 0 Å². The highest BCUT2D eigenvalue weighted by molar-refractivity contribution is 5.81. The Kier molecular flexibility index (Phi) is 7.47. The molecule has 182 valence electrons. The second-order valence-electron chi connectivity index (χ2n) is 8.92. The third kappa shape index (κ3) is 5.20. The topological polar surface area (TPSA) is 83.2 Å². The number of likely N-dealkylation sites (N-methyl/N-ethyl adjacent to an activating group) is 1. The van der Waals surface area contributed by atoms with Crippen LogP contribution in [0.25, 0.3) is 22.4 Å². The van der Waals surface area contributed by atoms with E-state index in [2.05, 4.69) is 5.32 Å². The van der Waals surface area contributed by atoms with E-state index in [1.807, 2.05) is 18.0 Å². The number of aromatic nitrogens is 2. The van der Waals surface area contributed by atoms with Crippen LogP contribution in [-0.2, 0) is 7.05 Å². The van der Waals surface area contributed by atoms with Crippen LogP contribution < -0.4 is 20.5 Å². The Morgan fingerprint density at radius 1 is 1.20 bits per heavy atom. The quantitative estimate of drug-likeness (QED) is 0.578. The van der Waals surface area contributed by atoms with Gasteiger partial charge in [0.2, 0.25) is 5.95 Å². The summed E-state index contributed by atoms with van der Waals surface area (Å²) >= 11 is 0. The molecule has 1 atom stereocenters. The molecule has 1 N–H and O–H groups in total. The van der Waals surface area contributed by atoms with Gasteiger partial charge in [-0.15, -0.1) is 0 Å². The third-order valence-electron chi connectivity index (χ3n) is 6.51. The lowest BCUT2D eigenvalue weighted by Gasteiger charge is -2.27. The number of hydrogen-bond acceptors (Lipinski definition) is 6. The van der Waals surface area contributed by atoms with Crippen LogP contribution in [0.1, 0.15) is 31.2 Å².